The molecule has 0 fully saturated rings. The normalized spacial score (nSPS) is 14.9. The molecule has 6 N–H and O–H groups in total. The number of nitrogens with two attached hydrogens (primary N) is 2. The van der Waals surface area contributed by atoms with E-state index in [9.17, 15) is 10.2 Å². The van der Waals surface area contributed by atoms with Crippen LogP contribution in [0.1, 0.15) is 18.1 Å². The molecule has 0 saturated carbocycles. The average Bonchev–Trinajstić information content (AvgIpc) is 2.21. The van der Waals surface area contributed by atoms with Gasteiger partial charge in [-0.3, -0.25) is 0 Å². The summed E-state index contributed by atoms with van der Waals surface area (Å²) in [6, 6.07) is 5.15. The number of hydrogen-bond acceptors (Lipinski definition) is 4. The molecule has 1 rings (SSSR count). The molecule has 1 aromatic carbocycles. The molecule has 2 atom stereocenters. The second-order valence-electron chi connectivity index (χ2n) is 3.36. The fourth-order valence-electron chi connectivity index (χ4n) is 1.34. The van der Waals surface area contributed by atoms with Crippen molar-refractivity contribution in [1.82, 2.24) is 0 Å². The van der Waals surface area contributed by atoms with Gasteiger partial charge in [-0.25, -0.2) is 0 Å². The minimum Gasteiger partial charge on any atom is -0.398 e. The topological polar surface area (TPSA) is 92.5 Å². The molecule has 0 amide bonds. The van der Waals surface area contributed by atoms with Gasteiger partial charge in [0.25, 0.3) is 0 Å². The summed E-state index contributed by atoms with van der Waals surface area (Å²) in [5.74, 6) is 0. The molecule has 0 radical (unpaired) electrons. The van der Waals surface area contributed by atoms with Crippen LogP contribution in [0.4, 0.5) is 5.69 Å². The van der Waals surface area contributed by atoms with Crippen LogP contribution in [0.15, 0.2) is 22.7 Å². The number of benzene rings is 1. The van der Waals surface area contributed by atoms with Crippen LogP contribution in [0.2, 0.25) is 0 Å². The Hall–Kier alpha value is -0.620. The van der Waals surface area contributed by atoms with Crippen LogP contribution in [0.5, 0.6) is 0 Å². The SMILES string of the molecule is NCCC(O)C(O)c1cc(Br)ccc1N. The molecule has 1 aromatic rings. The molecule has 0 bridgehead atoms. The van der Waals surface area contributed by atoms with Crippen LogP contribution in [0, 0.1) is 0 Å². The second kappa shape index (κ2) is 5.46. The van der Waals surface area contributed by atoms with Crippen LogP contribution in [-0.4, -0.2) is 22.9 Å². The van der Waals surface area contributed by atoms with Gasteiger partial charge < -0.3 is 21.7 Å². The Labute approximate surface area is 97.0 Å². The van der Waals surface area contributed by atoms with Gasteiger partial charge in [-0.15, -0.1) is 0 Å². The molecule has 84 valence electrons. The first kappa shape index (κ1) is 12.4. The zero-order chi connectivity index (χ0) is 11.4. The predicted octanol–water partition coefficient (Wildman–Crippen LogP) is 0.774. The lowest BCUT2D eigenvalue weighted by Gasteiger charge is -2.19. The first-order valence-corrected chi connectivity index (χ1v) is 5.46. The van der Waals surface area contributed by atoms with Crippen molar-refractivity contribution in [3.8, 4) is 0 Å². The highest BCUT2D eigenvalue weighted by molar-refractivity contribution is 9.10. The predicted molar refractivity (Wildman–Crippen MR) is 63.2 cm³/mol. The molecule has 0 heterocycles. The largest absolute Gasteiger partial charge is 0.398 e. The third-order valence-electron chi connectivity index (χ3n) is 2.19. The van der Waals surface area contributed by atoms with Crippen molar-refractivity contribution in [1.29, 1.82) is 0 Å². The van der Waals surface area contributed by atoms with E-state index in [4.69, 9.17) is 11.5 Å². The molecule has 4 nitrogen and oxygen atoms in total. The Morgan fingerprint density at radius 1 is 1.33 bits per heavy atom. The Bertz CT molecular complexity index is 333. The van der Waals surface area contributed by atoms with Crippen molar-refractivity contribution in [2.45, 2.75) is 18.6 Å². The Morgan fingerprint density at radius 2 is 2.00 bits per heavy atom. The summed E-state index contributed by atoms with van der Waals surface area (Å²) in [4.78, 5) is 0. The highest BCUT2D eigenvalue weighted by atomic mass is 79.9. The molecule has 0 aliphatic carbocycles. The minimum absolute atomic E-state index is 0.326. The molecule has 0 aliphatic rings. The second-order valence-corrected chi connectivity index (χ2v) is 4.28. The lowest BCUT2D eigenvalue weighted by molar-refractivity contribution is 0.0154. The van der Waals surface area contributed by atoms with Gasteiger partial charge in [-0.05, 0) is 31.2 Å². The van der Waals surface area contributed by atoms with E-state index in [1.807, 2.05) is 0 Å². The van der Waals surface area contributed by atoms with E-state index in [2.05, 4.69) is 15.9 Å². The third-order valence-corrected chi connectivity index (χ3v) is 2.69. The summed E-state index contributed by atoms with van der Waals surface area (Å²) < 4.78 is 0.811. The number of nitrogen functional groups attached to an aromatic ring is 1. The average molecular weight is 275 g/mol. The van der Waals surface area contributed by atoms with Crippen molar-refractivity contribution < 1.29 is 10.2 Å². The van der Waals surface area contributed by atoms with E-state index in [0.29, 0.717) is 24.2 Å². The summed E-state index contributed by atoms with van der Waals surface area (Å²) in [5.41, 5.74) is 12.0. The molecule has 0 aliphatic heterocycles. The molecule has 5 heteroatoms. The van der Waals surface area contributed by atoms with E-state index in [1.54, 1.807) is 18.2 Å². The number of halogens is 1. The fraction of sp³-hybridized carbons (Fsp3) is 0.400. The van der Waals surface area contributed by atoms with Gasteiger partial charge in [0.2, 0.25) is 0 Å². The molecule has 2 unspecified atom stereocenters. The van der Waals surface area contributed by atoms with E-state index < -0.39 is 12.2 Å². The highest BCUT2D eigenvalue weighted by Gasteiger charge is 2.19. The summed E-state index contributed by atoms with van der Waals surface area (Å²) in [6.45, 7) is 0.326. The van der Waals surface area contributed by atoms with Crippen LogP contribution in [0.3, 0.4) is 0 Å². The smallest absolute Gasteiger partial charge is 0.107 e. The zero-order valence-corrected chi connectivity index (χ0v) is 9.81. The quantitative estimate of drug-likeness (QED) is 0.611. The Morgan fingerprint density at radius 3 is 2.60 bits per heavy atom. The van der Waals surface area contributed by atoms with Crippen molar-refractivity contribution in [2.24, 2.45) is 5.73 Å². The van der Waals surface area contributed by atoms with Gasteiger partial charge in [0.15, 0.2) is 0 Å². The fourth-order valence-corrected chi connectivity index (χ4v) is 1.72. The summed E-state index contributed by atoms with van der Waals surface area (Å²) in [7, 11) is 0. The van der Waals surface area contributed by atoms with Crippen LogP contribution in [0.25, 0.3) is 0 Å². The van der Waals surface area contributed by atoms with Crippen LogP contribution in [-0.2, 0) is 0 Å². The van der Waals surface area contributed by atoms with Gasteiger partial charge in [0.1, 0.15) is 6.10 Å². The zero-order valence-electron chi connectivity index (χ0n) is 8.23. The van der Waals surface area contributed by atoms with E-state index in [-0.39, 0.29) is 0 Å². The van der Waals surface area contributed by atoms with Crippen molar-refractivity contribution in [2.75, 3.05) is 12.3 Å². The van der Waals surface area contributed by atoms with Gasteiger partial charge in [0.05, 0.1) is 6.10 Å². The number of aliphatic hydroxyl groups is 2. The van der Waals surface area contributed by atoms with Crippen LogP contribution >= 0.6 is 15.9 Å². The molecular formula is C10H15BrN2O2. The minimum atomic E-state index is -0.994. The number of aliphatic hydroxyl groups excluding tert-OH is 2. The maximum Gasteiger partial charge on any atom is 0.107 e. The first-order chi connectivity index (χ1) is 7.06. The van der Waals surface area contributed by atoms with Crippen molar-refractivity contribution in [3.63, 3.8) is 0 Å². The third kappa shape index (κ3) is 3.17. The monoisotopic (exact) mass is 274 g/mol. The van der Waals surface area contributed by atoms with E-state index >= 15 is 0 Å². The Balaban J connectivity index is 2.89. The maximum absolute atomic E-state index is 9.82. The molecule has 0 spiro atoms. The standard InChI is InChI=1S/C10H15BrN2O2/c11-6-1-2-8(13)7(5-6)10(15)9(14)3-4-12/h1-2,5,9-10,14-15H,3-4,12-13H2. The van der Waals surface area contributed by atoms with Crippen molar-refractivity contribution in [3.05, 3.63) is 28.2 Å². The molecule has 0 aromatic heterocycles. The number of anilines is 1. The van der Waals surface area contributed by atoms with Crippen molar-refractivity contribution >= 4 is 21.6 Å². The highest BCUT2D eigenvalue weighted by Crippen LogP contribution is 2.27. The van der Waals surface area contributed by atoms with Gasteiger partial charge in [-0.1, -0.05) is 15.9 Å². The summed E-state index contributed by atoms with van der Waals surface area (Å²) in [5, 5.41) is 19.4. The number of rotatable bonds is 4. The van der Waals surface area contributed by atoms with Gasteiger partial charge in [-0.2, -0.15) is 0 Å². The maximum atomic E-state index is 9.82. The number of hydrogen-bond donors (Lipinski definition) is 4. The van der Waals surface area contributed by atoms with Crippen LogP contribution < -0.4 is 11.5 Å². The summed E-state index contributed by atoms with van der Waals surface area (Å²) >= 11 is 3.28. The Kier molecular flexibility index (Phi) is 4.53. The molecular weight excluding hydrogens is 260 g/mol. The summed E-state index contributed by atoms with van der Waals surface area (Å²) in [6.07, 6.45) is -1.54. The first-order valence-electron chi connectivity index (χ1n) is 4.67. The molecule has 0 saturated heterocycles. The molecule has 15 heavy (non-hydrogen) atoms. The lowest BCUT2D eigenvalue weighted by atomic mass is 10.0. The van der Waals surface area contributed by atoms with E-state index in [0.717, 1.165) is 4.47 Å². The van der Waals surface area contributed by atoms with Gasteiger partial charge >= 0.3 is 0 Å². The lowest BCUT2D eigenvalue weighted by Crippen LogP contribution is -2.22. The van der Waals surface area contributed by atoms with E-state index in [1.165, 1.54) is 0 Å². The van der Waals surface area contributed by atoms with Gasteiger partial charge in [0, 0.05) is 15.7 Å².